The van der Waals surface area contributed by atoms with Gasteiger partial charge < -0.3 is 18.1 Å². The molecule has 5 heteroatoms. The van der Waals surface area contributed by atoms with Gasteiger partial charge in [0, 0.05) is 22.5 Å². The molecule has 0 bridgehead atoms. The van der Waals surface area contributed by atoms with Gasteiger partial charge in [-0.2, -0.15) is 24.6 Å². The monoisotopic (exact) mass is 650 g/mol. The third kappa shape index (κ3) is 5.94. The quantitative estimate of drug-likeness (QED) is 0.252. The van der Waals surface area contributed by atoms with E-state index in [1.807, 2.05) is 69.3 Å². The molecule has 0 fully saturated rings. The standard InChI is InChI=1S/C24H19N2O2.C2H6.CH3.U/c1-15-10-12-17(13-11-15)23(27)25-19-7-5-6-18(14-19)16(2)22-20-8-3-4-9-21(20)26-24(22)28;1-2;;/h3-14H,1H2,2H3,(H,25,27)(H,26,28);1-2H3;1H3;/q-1;;-1;+2/b22-16-;;;. The van der Waals surface area contributed by atoms with Crippen molar-refractivity contribution in [1.82, 2.24) is 0 Å². The summed E-state index contributed by atoms with van der Waals surface area (Å²) in [6, 6.07) is 22.2. The third-order valence-corrected chi connectivity index (χ3v) is 4.82. The van der Waals surface area contributed by atoms with Crippen molar-refractivity contribution in [3.63, 3.8) is 0 Å². The minimum Gasteiger partial charge on any atom is -0.358 e. The Kier molecular flexibility index (Phi) is 10.5. The van der Waals surface area contributed by atoms with Crippen LogP contribution in [0.1, 0.15) is 47.8 Å². The molecule has 1 aliphatic rings. The molecule has 1 heterocycles. The molecule has 0 radical (unpaired) electrons. The molecule has 162 valence electrons. The van der Waals surface area contributed by atoms with Crippen LogP contribution in [0.5, 0.6) is 0 Å². The zero-order valence-electron chi connectivity index (χ0n) is 19.0. The maximum Gasteiger partial charge on any atom is 2.00 e. The van der Waals surface area contributed by atoms with E-state index in [4.69, 9.17) is 0 Å². The van der Waals surface area contributed by atoms with Gasteiger partial charge in [0.15, 0.2) is 0 Å². The van der Waals surface area contributed by atoms with Crippen LogP contribution in [0.15, 0.2) is 72.8 Å². The number of fused-ring (bicyclic) bond motifs is 1. The van der Waals surface area contributed by atoms with Crippen molar-refractivity contribution in [1.29, 1.82) is 0 Å². The van der Waals surface area contributed by atoms with Crippen LogP contribution in [0, 0.1) is 45.5 Å². The number of rotatable bonds is 3. The van der Waals surface area contributed by atoms with Gasteiger partial charge in [-0.3, -0.25) is 9.59 Å². The first-order valence-electron chi connectivity index (χ1n) is 9.98. The maximum atomic E-state index is 12.5. The Morgan fingerprint density at radius 2 is 1.56 bits per heavy atom. The summed E-state index contributed by atoms with van der Waals surface area (Å²) in [5.74, 6) is -0.298. The van der Waals surface area contributed by atoms with Gasteiger partial charge in [0.1, 0.15) is 0 Å². The Hall–Kier alpha value is -2.74. The first kappa shape index (κ1) is 27.3. The largest absolute Gasteiger partial charge is 2.00 e. The molecular formula is C27H28N2O2U. The number of carbonyl (C=O) groups is 2. The van der Waals surface area contributed by atoms with Gasteiger partial charge in [0.25, 0.3) is 11.8 Å². The predicted octanol–water partition coefficient (Wildman–Crippen LogP) is 6.48. The average molecular weight is 651 g/mol. The molecule has 0 unspecified atom stereocenters. The molecule has 2 amide bonds. The molecule has 1 aliphatic heterocycles. The van der Waals surface area contributed by atoms with Crippen molar-refractivity contribution in [2.75, 3.05) is 10.6 Å². The van der Waals surface area contributed by atoms with Gasteiger partial charge in [-0.05, 0) is 36.3 Å². The van der Waals surface area contributed by atoms with E-state index in [0.717, 1.165) is 28.0 Å². The summed E-state index contributed by atoms with van der Waals surface area (Å²) in [6.07, 6.45) is 0. The first-order valence-corrected chi connectivity index (χ1v) is 9.98. The van der Waals surface area contributed by atoms with Crippen LogP contribution in [0.25, 0.3) is 11.1 Å². The summed E-state index contributed by atoms with van der Waals surface area (Å²) in [5.41, 5.74) is 6.21. The number of carbonyl (C=O) groups excluding carboxylic acids is 2. The number of hydrogen-bond acceptors (Lipinski definition) is 2. The van der Waals surface area contributed by atoms with Gasteiger partial charge in [-0.1, -0.05) is 44.2 Å². The maximum absolute atomic E-state index is 12.5. The Balaban J connectivity index is 0.00000125. The van der Waals surface area contributed by atoms with E-state index >= 15 is 0 Å². The smallest absolute Gasteiger partial charge is 0.358 e. The van der Waals surface area contributed by atoms with Crippen LogP contribution in [0.3, 0.4) is 0 Å². The molecule has 3 aromatic carbocycles. The summed E-state index contributed by atoms with van der Waals surface area (Å²) in [5, 5.41) is 5.81. The van der Waals surface area contributed by atoms with Gasteiger partial charge in [-0.25, -0.2) is 0 Å². The number of para-hydroxylation sites is 1. The van der Waals surface area contributed by atoms with Gasteiger partial charge >= 0.3 is 31.1 Å². The summed E-state index contributed by atoms with van der Waals surface area (Å²) < 4.78 is 0. The van der Waals surface area contributed by atoms with Crippen molar-refractivity contribution in [3.8, 4) is 0 Å². The minimum atomic E-state index is -0.189. The van der Waals surface area contributed by atoms with Gasteiger partial charge in [0.2, 0.25) is 0 Å². The number of anilines is 2. The number of hydrogen-bond donors (Lipinski definition) is 2. The summed E-state index contributed by atoms with van der Waals surface area (Å²) in [6.45, 7) is 9.75. The van der Waals surface area contributed by atoms with Crippen molar-refractivity contribution >= 4 is 34.3 Å². The summed E-state index contributed by atoms with van der Waals surface area (Å²) in [4.78, 5) is 24.9. The average Bonchev–Trinajstić information content (AvgIpc) is 3.11. The molecule has 0 aromatic heterocycles. The summed E-state index contributed by atoms with van der Waals surface area (Å²) >= 11 is 0. The molecule has 0 aliphatic carbocycles. The third-order valence-electron chi connectivity index (χ3n) is 4.82. The van der Waals surface area contributed by atoms with Gasteiger partial charge in [-0.15, -0.1) is 12.1 Å². The Labute approximate surface area is 214 Å². The first-order chi connectivity index (χ1) is 14.5. The van der Waals surface area contributed by atoms with Crippen molar-refractivity contribution in [2.45, 2.75) is 20.8 Å². The molecule has 0 spiro atoms. The van der Waals surface area contributed by atoms with Crippen molar-refractivity contribution in [3.05, 3.63) is 109 Å². The molecule has 32 heavy (non-hydrogen) atoms. The topological polar surface area (TPSA) is 58.2 Å². The zero-order valence-corrected chi connectivity index (χ0v) is 23.1. The molecule has 2 N–H and O–H groups in total. The van der Waals surface area contributed by atoms with E-state index < -0.39 is 0 Å². The summed E-state index contributed by atoms with van der Waals surface area (Å²) in [7, 11) is 0. The van der Waals surface area contributed by atoms with Crippen LogP contribution in [0.2, 0.25) is 0 Å². The zero-order chi connectivity index (χ0) is 21.7. The van der Waals surface area contributed by atoms with Crippen LogP contribution >= 0.6 is 0 Å². The second-order valence-electron chi connectivity index (χ2n) is 6.73. The van der Waals surface area contributed by atoms with Gasteiger partial charge in [0.05, 0.1) is 5.57 Å². The van der Waals surface area contributed by atoms with Crippen LogP contribution in [0.4, 0.5) is 11.4 Å². The molecule has 0 atom stereocenters. The fraction of sp³-hybridized carbons (Fsp3) is 0.111. The number of benzene rings is 3. The molecule has 0 saturated heterocycles. The van der Waals surface area contributed by atoms with E-state index in [2.05, 4.69) is 17.6 Å². The predicted molar refractivity (Wildman–Crippen MR) is 131 cm³/mol. The van der Waals surface area contributed by atoms with Crippen LogP contribution < -0.4 is 10.6 Å². The van der Waals surface area contributed by atoms with Crippen LogP contribution in [-0.4, -0.2) is 11.8 Å². The fourth-order valence-corrected chi connectivity index (χ4v) is 3.32. The number of amides is 2. The van der Waals surface area contributed by atoms with E-state index in [9.17, 15) is 9.59 Å². The fourth-order valence-electron chi connectivity index (χ4n) is 3.32. The molecular weight excluding hydrogens is 622 g/mol. The molecule has 4 nitrogen and oxygen atoms in total. The Morgan fingerprint density at radius 3 is 2.25 bits per heavy atom. The van der Waals surface area contributed by atoms with Crippen LogP contribution in [-0.2, 0) is 4.79 Å². The minimum absolute atomic E-state index is 0. The molecule has 0 saturated carbocycles. The van der Waals surface area contributed by atoms with E-state index in [0.29, 0.717) is 16.8 Å². The van der Waals surface area contributed by atoms with E-state index in [1.165, 1.54) is 0 Å². The van der Waals surface area contributed by atoms with Crippen molar-refractivity contribution in [2.24, 2.45) is 0 Å². The number of nitrogens with one attached hydrogen (secondary N) is 2. The van der Waals surface area contributed by atoms with Crippen molar-refractivity contribution < 1.29 is 40.7 Å². The number of allylic oxidation sites excluding steroid dienone is 1. The second kappa shape index (κ2) is 12.3. The molecule has 4 rings (SSSR count). The molecule has 3 aromatic rings. The SMILES string of the molecule is CC.[CH2-]c1ccc(C(=O)Nc2cccc(/C(C)=C3\C(=O)Nc4ccccc43)c2)cc1.[CH3-].[U+2]. The Morgan fingerprint density at radius 1 is 0.906 bits per heavy atom. The Bertz CT molecular complexity index is 1120. The second-order valence-corrected chi connectivity index (χ2v) is 6.73. The normalized spacial score (nSPS) is 12.7. The van der Waals surface area contributed by atoms with E-state index in [1.54, 1.807) is 24.3 Å². The van der Waals surface area contributed by atoms with E-state index in [-0.39, 0.29) is 50.4 Å².